The number of nitrogens with zero attached hydrogens (tertiary/aromatic N) is 4. The van der Waals surface area contributed by atoms with E-state index in [1.165, 1.54) is 11.3 Å². The molecule has 2 fully saturated rings. The van der Waals surface area contributed by atoms with Gasteiger partial charge in [0.2, 0.25) is 11.8 Å². The number of amides is 2. The molecule has 1 unspecified atom stereocenters. The summed E-state index contributed by atoms with van der Waals surface area (Å²) in [5, 5.41) is 0. The molecule has 0 radical (unpaired) electrons. The second kappa shape index (κ2) is 8.08. The van der Waals surface area contributed by atoms with Crippen LogP contribution in [-0.2, 0) is 9.59 Å². The highest BCUT2D eigenvalue weighted by Crippen LogP contribution is 2.20. The quantitative estimate of drug-likeness (QED) is 0.811. The second-order valence-corrected chi connectivity index (χ2v) is 7.57. The van der Waals surface area contributed by atoms with E-state index >= 15 is 0 Å². The van der Waals surface area contributed by atoms with Gasteiger partial charge in [0.25, 0.3) is 0 Å². The van der Waals surface area contributed by atoms with Crippen LogP contribution in [0.15, 0.2) is 24.3 Å². The zero-order chi connectivity index (χ0) is 18.7. The first-order chi connectivity index (χ1) is 12.5. The molecule has 6 heteroatoms. The van der Waals surface area contributed by atoms with E-state index in [0.29, 0.717) is 6.54 Å². The average Bonchev–Trinajstić information content (AvgIpc) is 3.09. The van der Waals surface area contributed by atoms with Crippen LogP contribution in [-0.4, -0.2) is 85.9 Å². The van der Waals surface area contributed by atoms with Crippen molar-refractivity contribution in [2.75, 3.05) is 58.3 Å². The standard InChI is InChI=1S/C20H30N4O2/c1-16-6-4-7-17(14-16)22-10-12-23(13-11-22)19(25)15-24-9-5-8-18(24)20(26)21(2)3/h4,6-7,14,18H,5,8-13,15H2,1-3H3. The van der Waals surface area contributed by atoms with Crippen LogP contribution >= 0.6 is 0 Å². The van der Waals surface area contributed by atoms with E-state index in [9.17, 15) is 9.59 Å². The fourth-order valence-corrected chi connectivity index (χ4v) is 3.91. The molecule has 0 aromatic heterocycles. The van der Waals surface area contributed by atoms with Gasteiger partial charge in [-0.3, -0.25) is 14.5 Å². The maximum atomic E-state index is 12.7. The monoisotopic (exact) mass is 358 g/mol. The molecule has 2 amide bonds. The lowest BCUT2D eigenvalue weighted by molar-refractivity contribution is -0.137. The van der Waals surface area contributed by atoms with Crippen LogP contribution in [0.1, 0.15) is 18.4 Å². The normalized spacial score (nSPS) is 21.1. The number of carbonyl (C=O) groups excluding carboxylic acids is 2. The van der Waals surface area contributed by atoms with Crippen LogP contribution in [0.25, 0.3) is 0 Å². The minimum atomic E-state index is -0.137. The molecule has 1 aromatic rings. The van der Waals surface area contributed by atoms with Crippen LogP contribution in [0.5, 0.6) is 0 Å². The number of piperazine rings is 1. The number of carbonyl (C=O) groups is 2. The number of likely N-dealkylation sites (N-methyl/N-ethyl adjacent to an activating group) is 1. The zero-order valence-corrected chi connectivity index (χ0v) is 16.1. The Morgan fingerprint density at radius 2 is 1.85 bits per heavy atom. The van der Waals surface area contributed by atoms with Gasteiger partial charge in [-0.05, 0) is 44.0 Å². The molecule has 0 spiro atoms. The molecule has 0 bridgehead atoms. The maximum absolute atomic E-state index is 12.7. The van der Waals surface area contributed by atoms with Crippen LogP contribution in [0.4, 0.5) is 5.69 Å². The Balaban J connectivity index is 1.53. The van der Waals surface area contributed by atoms with Crippen molar-refractivity contribution in [3.05, 3.63) is 29.8 Å². The van der Waals surface area contributed by atoms with Gasteiger partial charge in [0, 0.05) is 46.0 Å². The molecular formula is C20H30N4O2. The molecule has 2 heterocycles. The smallest absolute Gasteiger partial charge is 0.239 e. The molecule has 0 aliphatic carbocycles. The second-order valence-electron chi connectivity index (χ2n) is 7.57. The Morgan fingerprint density at radius 3 is 2.50 bits per heavy atom. The van der Waals surface area contributed by atoms with Gasteiger partial charge in [0.15, 0.2) is 0 Å². The summed E-state index contributed by atoms with van der Waals surface area (Å²) < 4.78 is 0. The number of hydrogen-bond donors (Lipinski definition) is 0. The Morgan fingerprint density at radius 1 is 1.12 bits per heavy atom. The Labute approximate surface area is 156 Å². The minimum Gasteiger partial charge on any atom is -0.368 e. The third-order valence-electron chi connectivity index (χ3n) is 5.43. The largest absolute Gasteiger partial charge is 0.368 e. The van der Waals surface area contributed by atoms with Gasteiger partial charge in [-0.15, -0.1) is 0 Å². The van der Waals surface area contributed by atoms with Gasteiger partial charge >= 0.3 is 0 Å². The number of benzene rings is 1. The molecule has 2 saturated heterocycles. The van der Waals surface area contributed by atoms with E-state index in [-0.39, 0.29) is 17.9 Å². The summed E-state index contributed by atoms with van der Waals surface area (Å²) in [7, 11) is 3.57. The fraction of sp³-hybridized carbons (Fsp3) is 0.600. The summed E-state index contributed by atoms with van der Waals surface area (Å²) in [5.41, 5.74) is 2.49. The minimum absolute atomic E-state index is 0.111. The molecule has 6 nitrogen and oxygen atoms in total. The molecular weight excluding hydrogens is 328 g/mol. The van der Waals surface area contributed by atoms with Gasteiger partial charge in [0.1, 0.15) is 0 Å². The Hall–Kier alpha value is -2.08. The molecule has 1 aromatic carbocycles. The van der Waals surface area contributed by atoms with Crippen LogP contribution < -0.4 is 4.90 Å². The third kappa shape index (κ3) is 4.18. The summed E-state index contributed by atoms with van der Waals surface area (Å²) >= 11 is 0. The molecule has 0 saturated carbocycles. The van der Waals surface area contributed by atoms with Crippen LogP contribution in [0, 0.1) is 6.92 Å². The van der Waals surface area contributed by atoms with Crippen molar-refractivity contribution in [3.63, 3.8) is 0 Å². The molecule has 2 aliphatic heterocycles. The summed E-state index contributed by atoms with van der Waals surface area (Å²) in [6.07, 6.45) is 1.84. The van der Waals surface area contributed by atoms with Gasteiger partial charge in [-0.2, -0.15) is 0 Å². The molecule has 0 N–H and O–H groups in total. The lowest BCUT2D eigenvalue weighted by atomic mass is 10.2. The van der Waals surface area contributed by atoms with Gasteiger partial charge in [-0.1, -0.05) is 12.1 Å². The third-order valence-corrected chi connectivity index (χ3v) is 5.43. The van der Waals surface area contributed by atoms with E-state index in [1.54, 1.807) is 19.0 Å². The van der Waals surface area contributed by atoms with Crippen molar-refractivity contribution in [1.82, 2.24) is 14.7 Å². The van der Waals surface area contributed by atoms with Crippen LogP contribution in [0.3, 0.4) is 0 Å². The van der Waals surface area contributed by atoms with Crippen molar-refractivity contribution in [2.45, 2.75) is 25.8 Å². The summed E-state index contributed by atoms with van der Waals surface area (Å²) in [4.78, 5) is 33.0. The molecule has 142 valence electrons. The highest BCUT2D eigenvalue weighted by Gasteiger charge is 2.34. The van der Waals surface area contributed by atoms with E-state index in [2.05, 4.69) is 41.0 Å². The van der Waals surface area contributed by atoms with Crippen molar-refractivity contribution in [2.24, 2.45) is 0 Å². The first kappa shape index (κ1) is 18.7. The highest BCUT2D eigenvalue weighted by molar-refractivity contribution is 5.84. The summed E-state index contributed by atoms with van der Waals surface area (Å²) in [6.45, 7) is 6.49. The highest BCUT2D eigenvalue weighted by atomic mass is 16.2. The van der Waals surface area contributed by atoms with E-state index in [1.807, 2.05) is 4.90 Å². The average molecular weight is 358 g/mol. The molecule has 1 atom stereocenters. The predicted molar refractivity (Wildman–Crippen MR) is 103 cm³/mol. The van der Waals surface area contributed by atoms with Crippen molar-refractivity contribution >= 4 is 17.5 Å². The first-order valence-corrected chi connectivity index (χ1v) is 9.50. The summed E-state index contributed by atoms with van der Waals surface area (Å²) in [5.74, 6) is 0.256. The summed E-state index contributed by atoms with van der Waals surface area (Å²) in [6, 6.07) is 8.37. The lowest BCUT2D eigenvalue weighted by Crippen LogP contribution is -2.53. The SMILES string of the molecule is Cc1cccc(N2CCN(C(=O)CN3CCCC3C(=O)N(C)C)CC2)c1. The first-order valence-electron chi connectivity index (χ1n) is 9.50. The van der Waals surface area contributed by atoms with E-state index in [4.69, 9.17) is 0 Å². The van der Waals surface area contributed by atoms with Crippen molar-refractivity contribution < 1.29 is 9.59 Å². The number of rotatable bonds is 4. The predicted octanol–water partition coefficient (Wildman–Crippen LogP) is 1.20. The topological polar surface area (TPSA) is 47.1 Å². The van der Waals surface area contributed by atoms with E-state index < -0.39 is 0 Å². The van der Waals surface area contributed by atoms with Gasteiger partial charge in [0.05, 0.1) is 12.6 Å². The van der Waals surface area contributed by atoms with Crippen molar-refractivity contribution in [3.8, 4) is 0 Å². The Kier molecular flexibility index (Phi) is 5.81. The number of aryl methyl sites for hydroxylation is 1. The number of likely N-dealkylation sites (tertiary alicyclic amines) is 1. The molecule has 26 heavy (non-hydrogen) atoms. The van der Waals surface area contributed by atoms with E-state index in [0.717, 1.165) is 45.6 Å². The van der Waals surface area contributed by atoms with Crippen LogP contribution in [0.2, 0.25) is 0 Å². The maximum Gasteiger partial charge on any atom is 0.239 e. The van der Waals surface area contributed by atoms with Gasteiger partial charge in [-0.25, -0.2) is 0 Å². The Bertz CT molecular complexity index is 653. The fourth-order valence-electron chi connectivity index (χ4n) is 3.91. The zero-order valence-electron chi connectivity index (χ0n) is 16.1. The van der Waals surface area contributed by atoms with Gasteiger partial charge < -0.3 is 14.7 Å². The molecule has 2 aliphatic rings. The molecule has 3 rings (SSSR count). The number of hydrogen-bond acceptors (Lipinski definition) is 4. The lowest BCUT2D eigenvalue weighted by Gasteiger charge is -2.37. The van der Waals surface area contributed by atoms with Crippen molar-refractivity contribution in [1.29, 1.82) is 0 Å². The number of anilines is 1.